The third-order valence-corrected chi connectivity index (χ3v) is 11.8. The minimum Gasteiger partial charge on any atom is -0.458 e. The smallest absolute Gasteiger partial charge is 0.260 e. The lowest BCUT2D eigenvalue weighted by atomic mass is 9.34. The molecule has 0 unspecified atom stereocenters. The van der Waals surface area contributed by atoms with Crippen LogP contribution in [0.15, 0.2) is 169 Å². The van der Waals surface area contributed by atoms with Gasteiger partial charge in [-0.25, -0.2) is 0 Å². The average molecular weight is 647 g/mol. The van der Waals surface area contributed by atoms with Gasteiger partial charge < -0.3 is 9.47 Å². The number of hydrogen-bond acceptors (Lipinski definition) is 2. The van der Waals surface area contributed by atoms with E-state index in [9.17, 15) is 16.4 Å². The molecule has 0 N–H and O–H groups in total. The predicted octanol–water partition coefficient (Wildman–Crippen LogP) is 5.77. The van der Waals surface area contributed by atoms with Crippen LogP contribution in [0.1, 0.15) is 43.9 Å². The SMILES string of the molecule is [2H]c1c([2H])c([2H])c([Si](c2c([2H])c([2H])c([2H])c([2H])c2[2H])(c2c([2H])c([2H])c([2H])c([2H])c2[2H])c2c([2H])c([2H])c([2H])c(-c3c([2H])c4c5c(c3[2H])Oc3c(C)c([2H])c([2H])c([2H])c3B5c3c([2H])c([2H])c([2H])c([2H])c3O4)c2[2H])c([2H])c1[2H]. The lowest BCUT2D eigenvalue weighted by Crippen LogP contribution is -2.74. The van der Waals surface area contributed by atoms with Crippen molar-refractivity contribution < 1.29 is 47.9 Å². The van der Waals surface area contributed by atoms with Crippen molar-refractivity contribution in [3.05, 3.63) is 175 Å². The number of benzene rings is 7. The predicted molar refractivity (Wildman–Crippen MR) is 198 cm³/mol. The zero-order chi connectivity index (χ0) is 55.7. The summed E-state index contributed by atoms with van der Waals surface area (Å²) in [7, 11) is -6.36. The van der Waals surface area contributed by atoms with Crippen LogP contribution < -0.4 is 46.6 Å². The van der Waals surface area contributed by atoms with E-state index in [1.807, 2.05) is 0 Å². The monoisotopic (exact) mass is 646 g/mol. The fraction of sp³-hybridized carbons (Fsp3) is 0.0233. The zero-order valence-electron chi connectivity index (χ0n) is 51.9. The van der Waals surface area contributed by atoms with Crippen LogP contribution in [0.3, 0.4) is 0 Å². The van der Waals surface area contributed by atoms with E-state index in [2.05, 4.69) is 0 Å². The van der Waals surface area contributed by atoms with E-state index < -0.39 is 233 Å². The molecule has 0 amide bonds. The topological polar surface area (TPSA) is 18.5 Å². The summed E-state index contributed by atoms with van der Waals surface area (Å²) in [5.41, 5.74) is -2.97. The van der Waals surface area contributed by atoms with Gasteiger partial charge in [0.05, 0.1) is 38.4 Å². The molecule has 0 spiro atoms. The van der Waals surface area contributed by atoms with Crippen molar-refractivity contribution in [1.82, 2.24) is 0 Å². The van der Waals surface area contributed by atoms with Crippen LogP contribution in [-0.4, -0.2) is 14.8 Å². The maximum atomic E-state index is 10.2. The van der Waals surface area contributed by atoms with Crippen molar-refractivity contribution in [3.8, 4) is 34.1 Å². The standard InChI is InChI=1S/C43H31BO2Si/c1-30-15-13-25-38-43(30)46-41-29-32(28-40-42(41)44(38)37-24-11-12-26-39(37)45-40)31-16-14-23-36(27-31)47(33-17-5-2-6-18-33,34-19-7-3-8-20-34)35-21-9-4-10-22-35/h2-29H,1H3/i2D,3D,4D,5D,6D,7D,8D,9D,10D,11D,12D,13D,14D,15D,16D,17D,18D,19D,20D,21D,22D,23D,24D,25D,26D,27D,28D,29D. The molecule has 0 saturated carbocycles. The Morgan fingerprint density at radius 1 is 0.468 bits per heavy atom. The highest BCUT2D eigenvalue weighted by Gasteiger charge is 2.43. The highest BCUT2D eigenvalue weighted by Crippen LogP contribution is 2.38. The van der Waals surface area contributed by atoms with Gasteiger partial charge >= 0.3 is 0 Å². The van der Waals surface area contributed by atoms with Crippen LogP contribution >= 0.6 is 0 Å². The van der Waals surface area contributed by atoms with Crippen LogP contribution in [0.4, 0.5) is 0 Å². The fourth-order valence-electron chi connectivity index (χ4n) is 5.84. The minimum atomic E-state index is -6.36. The number of ether oxygens (including phenoxy) is 2. The van der Waals surface area contributed by atoms with Crippen LogP contribution in [0.25, 0.3) is 11.1 Å². The Labute approximate surface area is 316 Å². The first kappa shape index (κ1) is 11.3. The molecular formula is C43H31BO2Si. The van der Waals surface area contributed by atoms with E-state index in [0.717, 1.165) is 0 Å². The van der Waals surface area contributed by atoms with E-state index in [-0.39, 0.29) is 27.7 Å². The van der Waals surface area contributed by atoms with Gasteiger partial charge in [0, 0.05) is 5.46 Å². The van der Waals surface area contributed by atoms with Crippen molar-refractivity contribution in [2.24, 2.45) is 0 Å². The number of fused-ring (bicyclic) bond motifs is 4. The van der Waals surface area contributed by atoms with Gasteiger partial charge in [0.25, 0.3) is 6.71 Å². The number of rotatable bonds is 5. The molecular weight excluding hydrogens is 587 g/mol. The number of para-hydroxylation sites is 2. The molecule has 0 aliphatic carbocycles. The van der Waals surface area contributed by atoms with E-state index in [0.29, 0.717) is 0 Å². The van der Waals surface area contributed by atoms with Gasteiger partial charge in [-0.05, 0) is 73.4 Å². The van der Waals surface area contributed by atoms with Gasteiger partial charge in [0.1, 0.15) is 23.0 Å². The molecule has 222 valence electrons. The van der Waals surface area contributed by atoms with Crippen LogP contribution in [-0.2, 0) is 0 Å². The van der Waals surface area contributed by atoms with Crippen molar-refractivity contribution in [2.45, 2.75) is 6.92 Å². The van der Waals surface area contributed by atoms with E-state index >= 15 is 0 Å². The van der Waals surface area contributed by atoms with Gasteiger partial charge in [0.15, 0.2) is 8.07 Å². The quantitative estimate of drug-likeness (QED) is 0.175. The van der Waals surface area contributed by atoms with Crippen molar-refractivity contribution in [1.29, 1.82) is 0 Å². The average Bonchev–Trinajstić information content (AvgIpc) is 3.40. The van der Waals surface area contributed by atoms with Crippen molar-refractivity contribution >= 4 is 51.9 Å². The molecule has 7 aromatic rings. The van der Waals surface area contributed by atoms with Gasteiger partial charge in [-0.3, -0.25) is 0 Å². The minimum absolute atomic E-state index is 0.105. The molecule has 0 saturated heterocycles. The summed E-state index contributed by atoms with van der Waals surface area (Å²) in [5.74, 6) is -2.31. The lowest BCUT2D eigenvalue weighted by molar-refractivity contribution is 0.463. The highest BCUT2D eigenvalue weighted by atomic mass is 28.3. The van der Waals surface area contributed by atoms with E-state index in [4.69, 9.17) is 31.4 Å². The second-order valence-corrected chi connectivity index (χ2v) is 13.8. The lowest BCUT2D eigenvalue weighted by Gasteiger charge is -2.35. The summed E-state index contributed by atoms with van der Waals surface area (Å²) in [6, 6.07) is -29.9. The highest BCUT2D eigenvalue weighted by molar-refractivity contribution is 7.19. The van der Waals surface area contributed by atoms with Crippen molar-refractivity contribution in [3.63, 3.8) is 0 Å². The van der Waals surface area contributed by atoms with Crippen LogP contribution in [0, 0.1) is 6.92 Å². The second-order valence-electron chi connectivity index (χ2n) is 10.3. The Balaban J connectivity index is 1.58. The summed E-state index contributed by atoms with van der Waals surface area (Å²) in [4.78, 5) is 0. The molecule has 0 radical (unpaired) electrons. The molecule has 9 rings (SSSR count). The third-order valence-electron chi connectivity index (χ3n) is 7.83. The first-order valence-electron chi connectivity index (χ1n) is 27.9. The summed E-state index contributed by atoms with van der Waals surface area (Å²) < 4.78 is 267. The molecule has 4 heteroatoms. The summed E-state index contributed by atoms with van der Waals surface area (Å²) in [6.45, 7) is -0.284. The third kappa shape index (κ3) is 4.33. The van der Waals surface area contributed by atoms with Gasteiger partial charge in [-0.2, -0.15) is 0 Å². The largest absolute Gasteiger partial charge is 0.458 e. The molecule has 0 atom stereocenters. The Hall–Kier alpha value is -5.58. The summed E-state index contributed by atoms with van der Waals surface area (Å²) in [6.07, 6.45) is 0. The van der Waals surface area contributed by atoms with Gasteiger partial charge in [-0.1, -0.05) is 151 Å². The molecule has 0 fully saturated rings. The second kappa shape index (κ2) is 11.0. The van der Waals surface area contributed by atoms with Gasteiger partial charge in [0.2, 0.25) is 0 Å². The Morgan fingerprint density at radius 3 is 1.66 bits per heavy atom. The van der Waals surface area contributed by atoms with E-state index in [1.165, 1.54) is 6.92 Å². The normalized spacial score (nSPS) is 21.0. The summed E-state index contributed by atoms with van der Waals surface area (Å²) in [5, 5.41) is -4.58. The van der Waals surface area contributed by atoms with Gasteiger partial charge in [-0.15, -0.1) is 0 Å². The number of hydrogen-bond donors (Lipinski definition) is 0. The molecule has 47 heavy (non-hydrogen) atoms. The maximum absolute atomic E-state index is 10.2. The maximum Gasteiger partial charge on any atom is 0.260 e. The molecule has 2 nitrogen and oxygen atoms in total. The molecule has 2 heterocycles. The molecule has 7 aromatic carbocycles. The molecule has 2 aliphatic heterocycles. The van der Waals surface area contributed by atoms with Crippen LogP contribution in [0.5, 0.6) is 23.0 Å². The first-order chi connectivity index (χ1) is 34.9. The molecule has 2 aliphatic rings. The molecule has 0 bridgehead atoms. The Bertz CT molecular complexity index is 3510. The summed E-state index contributed by atoms with van der Waals surface area (Å²) >= 11 is 0. The van der Waals surface area contributed by atoms with Crippen LogP contribution in [0.2, 0.25) is 0 Å². The van der Waals surface area contributed by atoms with E-state index in [1.54, 1.807) is 0 Å². The van der Waals surface area contributed by atoms with Crippen molar-refractivity contribution in [2.75, 3.05) is 0 Å². The Morgan fingerprint density at radius 2 is 1.00 bits per heavy atom. The Kier molecular flexibility index (Phi) is 2.65. The fourth-order valence-corrected chi connectivity index (χ4v) is 9.40. The zero-order valence-corrected chi connectivity index (χ0v) is 24.9. The molecule has 0 aromatic heterocycles. The first-order valence-corrected chi connectivity index (χ1v) is 15.9.